The lowest BCUT2D eigenvalue weighted by Crippen LogP contribution is -1.89. The van der Waals surface area contributed by atoms with Crippen molar-refractivity contribution in [3.05, 3.63) is 30.3 Å². The minimum absolute atomic E-state index is 0.250. The van der Waals surface area contributed by atoms with Gasteiger partial charge < -0.3 is 10.5 Å². The molecular weight excluding hydrogens is 154 g/mol. The van der Waals surface area contributed by atoms with E-state index in [1.54, 1.807) is 0 Å². The van der Waals surface area contributed by atoms with Gasteiger partial charge in [-0.05, 0) is 19.1 Å². The Morgan fingerprint density at radius 1 is 1.42 bits per heavy atom. The minimum atomic E-state index is 0.250. The van der Waals surface area contributed by atoms with Crippen LogP contribution < -0.4 is 10.5 Å². The molecule has 0 aliphatic heterocycles. The molecule has 0 saturated heterocycles. The van der Waals surface area contributed by atoms with Gasteiger partial charge in [-0.25, -0.2) is 0 Å². The lowest BCUT2D eigenvalue weighted by molar-refractivity contribution is -0.106. The SMILES string of the molecule is CCOc1ccccc1.NC=O. The molecule has 66 valence electrons. The van der Waals surface area contributed by atoms with E-state index in [1.807, 2.05) is 37.3 Å². The first-order valence-electron chi connectivity index (χ1n) is 3.68. The van der Waals surface area contributed by atoms with Crippen LogP contribution in [0.2, 0.25) is 0 Å². The molecule has 3 nitrogen and oxygen atoms in total. The zero-order valence-corrected chi connectivity index (χ0v) is 7.07. The topological polar surface area (TPSA) is 52.3 Å². The van der Waals surface area contributed by atoms with Gasteiger partial charge >= 0.3 is 0 Å². The Morgan fingerprint density at radius 2 is 1.92 bits per heavy atom. The van der Waals surface area contributed by atoms with E-state index in [0.717, 1.165) is 12.4 Å². The monoisotopic (exact) mass is 167 g/mol. The van der Waals surface area contributed by atoms with E-state index < -0.39 is 0 Å². The van der Waals surface area contributed by atoms with E-state index >= 15 is 0 Å². The summed E-state index contributed by atoms with van der Waals surface area (Å²) in [6, 6.07) is 9.80. The normalized spacial score (nSPS) is 7.75. The Hall–Kier alpha value is -1.51. The molecule has 0 fully saturated rings. The van der Waals surface area contributed by atoms with E-state index in [9.17, 15) is 0 Å². The summed E-state index contributed by atoms with van der Waals surface area (Å²) in [4.78, 5) is 8.58. The molecule has 0 unspecified atom stereocenters. The van der Waals surface area contributed by atoms with E-state index in [-0.39, 0.29) is 6.41 Å². The van der Waals surface area contributed by atoms with Crippen LogP contribution in [-0.2, 0) is 4.79 Å². The van der Waals surface area contributed by atoms with E-state index in [1.165, 1.54) is 0 Å². The second-order valence-corrected chi connectivity index (χ2v) is 1.88. The predicted octanol–water partition coefficient (Wildman–Crippen LogP) is 1.19. The van der Waals surface area contributed by atoms with E-state index in [0.29, 0.717) is 0 Å². The highest BCUT2D eigenvalue weighted by Crippen LogP contribution is 2.06. The summed E-state index contributed by atoms with van der Waals surface area (Å²) < 4.78 is 5.21. The molecule has 1 amide bonds. The van der Waals surface area contributed by atoms with Crippen molar-refractivity contribution in [2.75, 3.05) is 6.61 Å². The minimum Gasteiger partial charge on any atom is -0.494 e. The summed E-state index contributed by atoms with van der Waals surface area (Å²) in [5.41, 5.74) is 4.17. The first kappa shape index (κ1) is 10.5. The zero-order valence-electron chi connectivity index (χ0n) is 7.07. The third kappa shape index (κ3) is 5.29. The maximum Gasteiger partial charge on any atom is 0.204 e. The van der Waals surface area contributed by atoms with Gasteiger partial charge in [0.25, 0.3) is 0 Å². The van der Waals surface area contributed by atoms with E-state index in [2.05, 4.69) is 5.73 Å². The van der Waals surface area contributed by atoms with Gasteiger partial charge in [-0.2, -0.15) is 0 Å². The molecule has 0 radical (unpaired) electrons. The second-order valence-electron chi connectivity index (χ2n) is 1.88. The van der Waals surface area contributed by atoms with Gasteiger partial charge in [0.15, 0.2) is 0 Å². The van der Waals surface area contributed by atoms with Crippen LogP contribution in [0.25, 0.3) is 0 Å². The number of carbonyl (C=O) groups excluding carboxylic acids is 1. The lowest BCUT2D eigenvalue weighted by Gasteiger charge is -1.99. The van der Waals surface area contributed by atoms with Crippen LogP contribution in [0, 0.1) is 0 Å². The molecule has 1 aromatic carbocycles. The maximum atomic E-state index is 8.58. The highest BCUT2D eigenvalue weighted by Gasteiger charge is 1.83. The lowest BCUT2D eigenvalue weighted by atomic mass is 10.3. The summed E-state index contributed by atoms with van der Waals surface area (Å²) in [6.07, 6.45) is 0.250. The van der Waals surface area contributed by atoms with Crippen molar-refractivity contribution in [1.29, 1.82) is 0 Å². The third-order valence-corrected chi connectivity index (χ3v) is 1.05. The molecule has 0 heterocycles. The number of ether oxygens (including phenoxy) is 1. The molecule has 0 saturated carbocycles. The number of carbonyl (C=O) groups is 1. The summed E-state index contributed by atoms with van der Waals surface area (Å²) in [7, 11) is 0. The fourth-order valence-electron chi connectivity index (χ4n) is 0.683. The van der Waals surface area contributed by atoms with Crippen molar-refractivity contribution < 1.29 is 9.53 Å². The predicted molar refractivity (Wildman–Crippen MR) is 47.9 cm³/mol. The molecule has 0 aliphatic rings. The Morgan fingerprint density at radius 3 is 2.33 bits per heavy atom. The summed E-state index contributed by atoms with van der Waals surface area (Å²) in [5.74, 6) is 0.944. The number of nitrogens with two attached hydrogens (primary N) is 1. The van der Waals surface area contributed by atoms with Crippen LogP contribution in [0.3, 0.4) is 0 Å². The maximum absolute atomic E-state index is 8.58. The molecule has 1 aromatic rings. The van der Waals surface area contributed by atoms with Crippen LogP contribution in [0.4, 0.5) is 0 Å². The third-order valence-electron chi connectivity index (χ3n) is 1.05. The fourth-order valence-corrected chi connectivity index (χ4v) is 0.683. The van der Waals surface area contributed by atoms with Gasteiger partial charge in [0.2, 0.25) is 6.41 Å². The number of amides is 1. The first-order chi connectivity index (χ1) is 5.85. The Bertz CT molecular complexity index is 199. The van der Waals surface area contributed by atoms with Crippen LogP contribution >= 0.6 is 0 Å². The molecule has 0 spiro atoms. The van der Waals surface area contributed by atoms with Gasteiger partial charge in [-0.3, -0.25) is 4.79 Å². The smallest absolute Gasteiger partial charge is 0.204 e. The quantitative estimate of drug-likeness (QED) is 0.672. The number of primary amides is 1. The van der Waals surface area contributed by atoms with Crippen LogP contribution in [0.5, 0.6) is 5.75 Å². The standard InChI is InChI=1S/C8H10O.CH3NO/c1-2-9-8-6-4-3-5-7-8;2-1-3/h3-7H,2H2,1H3;1H,(H2,2,3). The van der Waals surface area contributed by atoms with Crippen molar-refractivity contribution in [1.82, 2.24) is 0 Å². The number of para-hydroxylation sites is 1. The van der Waals surface area contributed by atoms with Crippen molar-refractivity contribution in [2.45, 2.75) is 6.92 Å². The van der Waals surface area contributed by atoms with Crippen molar-refractivity contribution in [3.8, 4) is 5.75 Å². The Kier molecular flexibility index (Phi) is 6.64. The molecule has 3 heteroatoms. The first-order valence-corrected chi connectivity index (χ1v) is 3.68. The number of hydrogen-bond acceptors (Lipinski definition) is 2. The van der Waals surface area contributed by atoms with Gasteiger partial charge in [0.1, 0.15) is 5.75 Å². The van der Waals surface area contributed by atoms with Crippen molar-refractivity contribution in [2.24, 2.45) is 5.73 Å². The number of hydrogen-bond donors (Lipinski definition) is 1. The van der Waals surface area contributed by atoms with Gasteiger partial charge in [0, 0.05) is 0 Å². The highest BCUT2D eigenvalue weighted by atomic mass is 16.5. The molecular formula is C9H13NO2. The Labute approximate surface area is 72.1 Å². The second kappa shape index (κ2) is 7.60. The molecule has 0 aliphatic carbocycles. The summed E-state index contributed by atoms with van der Waals surface area (Å²) in [6.45, 7) is 2.72. The zero-order chi connectivity index (χ0) is 9.23. The molecule has 0 aromatic heterocycles. The number of benzene rings is 1. The summed E-state index contributed by atoms with van der Waals surface area (Å²) >= 11 is 0. The van der Waals surface area contributed by atoms with Crippen molar-refractivity contribution in [3.63, 3.8) is 0 Å². The van der Waals surface area contributed by atoms with Gasteiger partial charge in [-0.15, -0.1) is 0 Å². The van der Waals surface area contributed by atoms with Gasteiger partial charge in [-0.1, -0.05) is 18.2 Å². The summed E-state index contributed by atoms with van der Waals surface area (Å²) in [5, 5.41) is 0. The van der Waals surface area contributed by atoms with Crippen LogP contribution in [-0.4, -0.2) is 13.0 Å². The average Bonchev–Trinajstić information content (AvgIpc) is 2.08. The molecule has 0 atom stereocenters. The van der Waals surface area contributed by atoms with Gasteiger partial charge in [0.05, 0.1) is 6.61 Å². The molecule has 2 N–H and O–H groups in total. The molecule has 0 bridgehead atoms. The largest absolute Gasteiger partial charge is 0.494 e. The molecule has 12 heavy (non-hydrogen) atoms. The van der Waals surface area contributed by atoms with Crippen LogP contribution in [0.15, 0.2) is 30.3 Å². The van der Waals surface area contributed by atoms with Crippen molar-refractivity contribution >= 4 is 6.41 Å². The molecule has 1 rings (SSSR count). The highest BCUT2D eigenvalue weighted by molar-refractivity contribution is 5.42. The fraction of sp³-hybridized carbons (Fsp3) is 0.222. The number of rotatable bonds is 2. The average molecular weight is 167 g/mol. The van der Waals surface area contributed by atoms with E-state index in [4.69, 9.17) is 9.53 Å². The van der Waals surface area contributed by atoms with Crippen LogP contribution in [0.1, 0.15) is 6.92 Å². The Balaban J connectivity index is 0.000000354.